The fourth-order valence-electron chi connectivity index (χ4n) is 2.07. The number of hydrogen-bond acceptors (Lipinski definition) is 2. The molecule has 0 aliphatic heterocycles. The van der Waals surface area contributed by atoms with Gasteiger partial charge in [0.25, 0.3) is 0 Å². The number of benzene rings is 1. The average Bonchev–Trinajstić information content (AvgIpc) is 2.65. The summed E-state index contributed by atoms with van der Waals surface area (Å²) in [6.45, 7) is 9.71. The Morgan fingerprint density at radius 2 is 1.94 bits per heavy atom. The van der Waals surface area contributed by atoms with E-state index in [4.69, 9.17) is 4.42 Å². The van der Waals surface area contributed by atoms with Crippen LogP contribution in [-0.4, -0.2) is 12.1 Å². The van der Waals surface area contributed by atoms with Crippen LogP contribution in [-0.2, 0) is 6.42 Å². The minimum absolute atomic E-state index is 0.199. The molecule has 2 nitrogen and oxygen atoms in total. The summed E-state index contributed by atoms with van der Waals surface area (Å²) in [4.78, 5) is 0. The Balaban J connectivity index is 1.92. The highest BCUT2D eigenvalue weighted by atomic mass is 16.3. The zero-order chi connectivity index (χ0) is 13.2. The van der Waals surface area contributed by atoms with E-state index in [9.17, 15) is 0 Å². The summed E-state index contributed by atoms with van der Waals surface area (Å²) in [7, 11) is 0. The second-order valence-corrected chi connectivity index (χ2v) is 6.03. The molecule has 0 radical (unpaired) electrons. The van der Waals surface area contributed by atoms with Crippen molar-refractivity contribution in [2.24, 2.45) is 0 Å². The molecular weight excluding hydrogens is 222 g/mol. The molecule has 0 amide bonds. The largest absolute Gasteiger partial charge is 0.461 e. The lowest BCUT2D eigenvalue weighted by Gasteiger charge is -2.20. The molecule has 0 aliphatic rings. The van der Waals surface area contributed by atoms with E-state index in [1.54, 1.807) is 0 Å². The lowest BCUT2D eigenvalue weighted by atomic mass is 10.1. The van der Waals surface area contributed by atoms with E-state index in [2.05, 4.69) is 57.3 Å². The van der Waals surface area contributed by atoms with Gasteiger partial charge in [0.15, 0.2) is 0 Å². The minimum atomic E-state index is 0.199. The van der Waals surface area contributed by atoms with Crippen molar-refractivity contribution in [3.05, 3.63) is 35.6 Å². The van der Waals surface area contributed by atoms with Crippen LogP contribution in [0.3, 0.4) is 0 Å². The molecule has 2 rings (SSSR count). The fourth-order valence-corrected chi connectivity index (χ4v) is 2.07. The number of nitrogens with one attached hydrogen (secondary N) is 1. The van der Waals surface area contributed by atoms with E-state index in [0.29, 0.717) is 0 Å². The molecule has 0 unspecified atom stereocenters. The van der Waals surface area contributed by atoms with Gasteiger partial charge in [0.05, 0.1) is 0 Å². The zero-order valence-corrected chi connectivity index (χ0v) is 11.8. The zero-order valence-electron chi connectivity index (χ0n) is 11.8. The third-order valence-electron chi connectivity index (χ3n) is 2.98. The molecule has 98 valence electrons. The van der Waals surface area contributed by atoms with Gasteiger partial charge in [-0.2, -0.15) is 0 Å². The van der Waals surface area contributed by atoms with Crippen molar-refractivity contribution in [1.29, 1.82) is 0 Å². The Labute approximate surface area is 109 Å². The van der Waals surface area contributed by atoms with E-state index in [0.717, 1.165) is 30.7 Å². The SMILES string of the molecule is Cc1ccc2oc(CCCNC(C)(C)C)cc2c1. The molecule has 0 aliphatic carbocycles. The summed E-state index contributed by atoms with van der Waals surface area (Å²) in [5.41, 5.74) is 2.48. The molecule has 2 aromatic rings. The van der Waals surface area contributed by atoms with Crippen LogP contribution in [0.5, 0.6) is 0 Å². The summed E-state index contributed by atoms with van der Waals surface area (Å²) in [5.74, 6) is 1.09. The molecule has 1 aromatic carbocycles. The lowest BCUT2D eigenvalue weighted by molar-refractivity contribution is 0.416. The highest BCUT2D eigenvalue weighted by Gasteiger charge is 2.08. The van der Waals surface area contributed by atoms with Crippen LogP contribution < -0.4 is 5.32 Å². The summed E-state index contributed by atoms with van der Waals surface area (Å²) >= 11 is 0. The summed E-state index contributed by atoms with van der Waals surface area (Å²) < 4.78 is 5.83. The first kappa shape index (κ1) is 13.2. The Hall–Kier alpha value is -1.28. The van der Waals surface area contributed by atoms with Gasteiger partial charge in [-0.05, 0) is 58.9 Å². The van der Waals surface area contributed by atoms with Gasteiger partial charge in [-0.15, -0.1) is 0 Å². The average molecular weight is 245 g/mol. The summed E-state index contributed by atoms with van der Waals surface area (Å²) in [6, 6.07) is 8.49. The number of rotatable bonds is 4. The Bertz CT molecular complexity index is 519. The minimum Gasteiger partial charge on any atom is -0.461 e. The Morgan fingerprint density at radius 1 is 1.17 bits per heavy atom. The fraction of sp³-hybridized carbons (Fsp3) is 0.500. The van der Waals surface area contributed by atoms with E-state index in [1.165, 1.54) is 10.9 Å². The molecule has 0 bridgehead atoms. The van der Waals surface area contributed by atoms with Gasteiger partial charge >= 0.3 is 0 Å². The van der Waals surface area contributed by atoms with E-state index in [-0.39, 0.29) is 5.54 Å². The number of aryl methyl sites for hydroxylation is 2. The van der Waals surface area contributed by atoms with Gasteiger partial charge in [-0.25, -0.2) is 0 Å². The second kappa shape index (κ2) is 5.15. The van der Waals surface area contributed by atoms with Crippen LogP contribution in [0.4, 0.5) is 0 Å². The third-order valence-corrected chi connectivity index (χ3v) is 2.98. The van der Waals surface area contributed by atoms with Gasteiger partial charge < -0.3 is 9.73 Å². The Kier molecular flexibility index (Phi) is 3.76. The number of fused-ring (bicyclic) bond motifs is 1. The van der Waals surface area contributed by atoms with Crippen LogP contribution in [0.1, 0.15) is 38.5 Å². The van der Waals surface area contributed by atoms with E-state index < -0.39 is 0 Å². The predicted molar refractivity (Wildman–Crippen MR) is 77.0 cm³/mol. The molecule has 0 saturated heterocycles. The molecule has 0 atom stereocenters. The highest BCUT2D eigenvalue weighted by molar-refractivity contribution is 5.78. The first-order valence-electron chi connectivity index (χ1n) is 6.68. The molecule has 18 heavy (non-hydrogen) atoms. The highest BCUT2D eigenvalue weighted by Crippen LogP contribution is 2.21. The topological polar surface area (TPSA) is 25.2 Å². The van der Waals surface area contributed by atoms with Crippen molar-refractivity contribution in [3.8, 4) is 0 Å². The third kappa shape index (κ3) is 3.61. The van der Waals surface area contributed by atoms with Gasteiger partial charge in [0.2, 0.25) is 0 Å². The van der Waals surface area contributed by atoms with Crippen LogP contribution in [0, 0.1) is 6.92 Å². The molecule has 0 fully saturated rings. The quantitative estimate of drug-likeness (QED) is 0.822. The number of hydrogen-bond donors (Lipinski definition) is 1. The molecule has 2 heteroatoms. The predicted octanol–water partition coefficient (Wildman–Crippen LogP) is 4.06. The van der Waals surface area contributed by atoms with Crippen molar-refractivity contribution in [2.75, 3.05) is 6.54 Å². The van der Waals surface area contributed by atoms with Gasteiger partial charge in [-0.1, -0.05) is 11.6 Å². The van der Waals surface area contributed by atoms with E-state index >= 15 is 0 Å². The Morgan fingerprint density at radius 3 is 2.67 bits per heavy atom. The van der Waals surface area contributed by atoms with Crippen LogP contribution in [0.15, 0.2) is 28.7 Å². The second-order valence-electron chi connectivity index (χ2n) is 6.03. The summed E-state index contributed by atoms with van der Waals surface area (Å²) in [6.07, 6.45) is 2.10. The smallest absolute Gasteiger partial charge is 0.134 e. The summed E-state index contributed by atoms with van der Waals surface area (Å²) in [5, 5.41) is 4.71. The number of furan rings is 1. The van der Waals surface area contributed by atoms with Gasteiger partial charge in [-0.3, -0.25) is 0 Å². The van der Waals surface area contributed by atoms with Crippen molar-refractivity contribution in [2.45, 2.75) is 46.1 Å². The van der Waals surface area contributed by atoms with Crippen LogP contribution in [0.2, 0.25) is 0 Å². The lowest BCUT2D eigenvalue weighted by Crippen LogP contribution is -2.36. The first-order valence-corrected chi connectivity index (χ1v) is 6.68. The molecule has 1 N–H and O–H groups in total. The maximum atomic E-state index is 5.83. The van der Waals surface area contributed by atoms with Gasteiger partial charge in [0, 0.05) is 17.3 Å². The maximum Gasteiger partial charge on any atom is 0.134 e. The van der Waals surface area contributed by atoms with Crippen LogP contribution in [0.25, 0.3) is 11.0 Å². The normalized spacial score (nSPS) is 12.2. The van der Waals surface area contributed by atoms with Crippen molar-refractivity contribution >= 4 is 11.0 Å². The van der Waals surface area contributed by atoms with Gasteiger partial charge in [0.1, 0.15) is 11.3 Å². The van der Waals surface area contributed by atoms with Crippen molar-refractivity contribution < 1.29 is 4.42 Å². The van der Waals surface area contributed by atoms with Crippen molar-refractivity contribution in [1.82, 2.24) is 5.32 Å². The standard InChI is InChI=1S/C16H23NO/c1-12-7-8-15-13(10-12)11-14(18-15)6-5-9-17-16(2,3)4/h7-8,10-11,17H,5-6,9H2,1-4H3. The maximum absolute atomic E-state index is 5.83. The molecular formula is C16H23NO. The van der Waals surface area contributed by atoms with E-state index in [1.807, 2.05) is 0 Å². The first-order chi connectivity index (χ1) is 8.44. The molecule has 0 saturated carbocycles. The van der Waals surface area contributed by atoms with Crippen LogP contribution >= 0.6 is 0 Å². The molecule has 1 heterocycles. The molecule has 1 aromatic heterocycles. The van der Waals surface area contributed by atoms with Crippen molar-refractivity contribution in [3.63, 3.8) is 0 Å². The molecule has 0 spiro atoms. The monoisotopic (exact) mass is 245 g/mol.